The lowest BCUT2D eigenvalue weighted by atomic mass is 10.1. The third-order valence-corrected chi connectivity index (χ3v) is 4.74. The molecule has 0 N–H and O–H groups in total. The first-order valence-corrected chi connectivity index (χ1v) is 8.40. The lowest BCUT2D eigenvalue weighted by Gasteiger charge is -2.40. The molecule has 120 valence electrons. The fourth-order valence-corrected chi connectivity index (χ4v) is 3.76. The van der Waals surface area contributed by atoms with Gasteiger partial charge in [0.2, 0.25) is 0 Å². The lowest BCUT2D eigenvalue weighted by Crippen LogP contribution is -2.48. The largest absolute Gasteiger partial charge is 0.316 e. The van der Waals surface area contributed by atoms with Crippen LogP contribution in [0, 0.1) is 6.92 Å². The Morgan fingerprint density at radius 3 is 1.67 bits per heavy atom. The van der Waals surface area contributed by atoms with Crippen molar-refractivity contribution in [3.63, 3.8) is 0 Å². The number of hydrogen-bond acceptors (Lipinski definition) is 2. The number of hydrogen-bond donors (Lipinski definition) is 0. The second-order valence-corrected chi connectivity index (χ2v) is 6.83. The molecule has 0 radical (unpaired) electrons. The predicted molar refractivity (Wildman–Crippen MR) is 102 cm³/mol. The van der Waals surface area contributed by atoms with Crippen LogP contribution in [0.2, 0.25) is 0 Å². The molecular formula is C22H22N2. The Balaban J connectivity index is 1.96. The van der Waals surface area contributed by atoms with Crippen LogP contribution in [0.4, 0.5) is 22.7 Å². The molecule has 0 bridgehead atoms. The van der Waals surface area contributed by atoms with Gasteiger partial charge in [-0.15, -0.1) is 0 Å². The summed E-state index contributed by atoms with van der Waals surface area (Å²) in [6, 6.07) is 28.0. The number of nitrogens with zero attached hydrogens (tertiary/aromatic N) is 2. The van der Waals surface area contributed by atoms with E-state index in [4.69, 9.17) is 0 Å². The Labute approximate surface area is 144 Å². The van der Waals surface area contributed by atoms with Crippen molar-refractivity contribution in [2.75, 3.05) is 9.80 Å². The molecule has 0 aromatic heterocycles. The number of rotatable bonds is 2. The van der Waals surface area contributed by atoms with E-state index in [2.05, 4.69) is 109 Å². The summed E-state index contributed by atoms with van der Waals surface area (Å²) in [7, 11) is 0. The minimum absolute atomic E-state index is 0.196. The van der Waals surface area contributed by atoms with E-state index in [0.717, 1.165) is 0 Å². The van der Waals surface area contributed by atoms with E-state index < -0.39 is 0 Å². The van der Waals surface area contributed by atoms with Gasteiger partial charge in [0.25, 0.3) is 0 Å². The third kappa shape index (κ3) is 2.18. The quantitative estimate of drug-likeness (QED) is 0.570. The number of fused-ring (bicyclic) bond motifs is 1. The predicted octanol–water partition coefficient (Wildman–Crippen LogP) is 6.02. The molecular weight excluding hydrogens is 292 g/mol. The van der Waals surface area contributed by atoms with Crippen molar-refractivity contribution in [2.24, 2.45) is 0 Å². The van der Waals surface area contributed by atoms with Gasteiger partial charge in [-0.05, 0) is 62.7 Å². The molecule has 2 nitrogen and oxygen atoms in total. The number of benzene rings is 3. The highest BCUT2D eigenvalue weighted by atomic mass is 15.5. The highest BCUT2D eigenvalue weighted by Crippen LogP contribution is 2.52. The number of para-hydroxylation sites is 2. The molecule has 0 atom stereocenters. The van der Waals surface area contributed by atoms with Crippen LogP contribution in [-0.4, -0.2) is 5.66 Å². The van der Waals surface area contributed by atoms with Gasteiger partial charge in [-0.25, -0.2) is 0 Å². The fraction of sp³-hybridized carbons (Fsp3) is 0.182. The lowest BCUT2D eigenvalue weighted by molar-refractivity contribution is 0.540. The number of aryl methyl sites for hydroxylation is 1. The summed E-state index contributed by atoms with van der Waals surface area (Å²) in [5.41, 5.74) is 6.02. The first-order chi connectivity index (χ1) is 11.6. The van der Waals surface area contributed by atoms with E-state index in [1.807, 2.05) is 0 Å². The maximum Gasteiger partial charge on any atom is 0.116 e. The van der Waals surface area contributed by atoms with Crippen LogP contribution in [0.25, 0.3) is 0 Å². The second-order valence-electron chi connectivity index (χ2n) is 6.83. The summed E-state index contributed by atoms with van der Waals surface area (Å²) in [6.07, 6.45) is 0. The zero-order valence-corrected chi connectivity index (χ0v) is 14.4. The van der Waals surface area contributed by atoms with Gasteiger partial charge >= 0.3 is 0 Å². The van der Waals surface area contributed by atoms with E-state index in [0.29, 0.717) is 0 Å². The summed E-state index contributed by atoms with van der Waals surface area (Å²) < 4.78 is 0. The zero-order valence-electron chi connectivity index (χ0n) is 14.4. The minimum Gasteiger partial charge on any atom is -0.316 e. The molecule has 4 rings (SSSR count). The molecule has 1 aliphatic rings. The second kappa shape index (κ2) is 5.41. The maximum atomic E-state index is 2.43. The van der Waals surface area contributed by atoms with Gasteiger partial charge in [0.1, 0.15) is 5.66 Å². The van der Waals surface area contributed by atoms with Crippen LogP contribution in [0.5, 0.6) is 0 Å². The molecule has 3 aromatic carbocycles. The van der Waals surface area contributed by atoms with E-state index >= 15 is 0 Å². The SMILES string of the molecule is Cc1ccc2c(c1)N(c1ccccc1)C(C)(C)N2c1ccccc1. The standard InChI is InChI=1S/C22H22N2/c1-17-14-15-20-21(16-17)24(19-12-8-5-9-13-19)22(2,3)23(20)18-10-6-4-7-11-18/h4-16H,1-3H3. The fourth-order valence-electron chi connectivity index (χ4n) is 3.76. The first-order valence-electron chi connectivity index (χ1n) is 8.40. The number of anilines is 4. The van der Waals surface area contributed by atoms with Crippen molar-refractivity contribution in [1.82, 2.24) is 0 Å². The molecule has 2 heteroatoms. The molecule has 1 heterocycles. The topological polar surface area (TPSA) is 6.48 Å². The van der Waals surface area contributed by atoms with Gasteiger partial charge in [0.05, 0.1) is 11.4 Å². The Kier molecular flexibility index (Phi) is 3.34. The Hall–Kier alpha value is -2.74. The third-order valence-electron chi connectivity index (χ3n) is 4.74. The highest BCUT2D eigenvalue weighted by molar-refractivity contribution is 5.90. The van der Waals surface area contributed by atoms with Crippen LogP contribution in [0.15, 0.2) is 78.9 Å². The van der Waals surface area contributed by atoms with Crippen molar-refractivity contribution >= 4 is 22.7 Å². The van der Waals surface area contributed by atoms with E-state index in [9.17, 15) is 0 Å². The molecule has 0 saturated carbocycles. The molecule has 3 aromatic rings. The van der Waals surface area contributed by atoms with Crippen LogP contribution >= 0.6 is 0 Å². The van der Waals surface area contributed by atoms with Crippen LogP contribution in [-0.2, 0) is 0 Å². The highest BCUT2D eigenvalue weighted by Gasteiger charge is 2.43. The molecule has 0 aliphatic carbocycles. The summed E-state index contributed by atoms with van der Waals surface area (Å²) in [5, 5.41) is 0. The monoisotopic (exact) mass is 314 g/mol. The van der Waals surface area contributed by atoms with E-state index in [1.165, 1.54) is 28.3 Å². The molecule has 0 unspecified atom stereocenters. The van der Waals surface area contributed by atoms with E-state index in [1.54, 1.807) is 0 Å². The van der Waals surface area contributed by atoms with Crippen molar-refractivity contribution in [2.45, 2.75) is 26.4 Å². The summed E-state index contributed by atoms with van der Waals surface area (Å²) in [4.78, 5) is 4.86. The smallest absolute Gasteiger partial charge is 0.116 e. The van der Waals surface area contributed by atoms with Crippen LogP contribution in [0.3, 0.4) is 0 Å². The van der Waals surface area contributed by atoms with Crippen molar-refractivity contribution in [1.29, 1.82) is 0 Å². The minimum atomic E-state index is -0.196. The normalized spacial score (nSPS) is 15.5. The Morgan fingerprint density at radius 2 is 1.12 bits per heavy atom. The summed E-state index contributed by atoms with van der Waals surface area (Å²) in [5.74, 6) is 0. The molecule has 0 amide bonds. The maximum absolute atomic E-state index is 2.43. The van der Waals surface area contributed by atoms with E-state index in [-0.39, 0.29) is 5.66 Å². The average Bonchev–Trinajstić information content (AvgIpc) is 2.82. The summed E-state index contributed by atoms with van der Waals surface area (Å²) in [6.45, 7) is 6.71. The van der Waals surface area contributed by atoms with Crippen molar-refractivity contribution in [3.8, 4) is 0 Å². The summed E-state index contributed by atoms with van der Waals surface area (Å²) >= 11 is 0. The van der Waals surface area contributed by atoms with Gasteiger partial charge < -0.3 is 9.80 Å². The first kappa shape index (κ1) is 14.8. The Bertz CT molecular complexity index is 854. The molecule has 0 saturated heterocycles. The molecule has 0 spiro atoms. The van der Waals surface area contributed by atoms with Gasteiger partial charge in [-0.2, -0.15) is 0 Å². The van der Waals surface area contributed by atoms with Crippen molar-refractivity contribution in [3.05, 3.63) is 84.4 Å². The van der Waals surface area contributed by atoms with Crippen LogP contribution in [0.1, 0.15) is 19.4 Å². The Morgan fingerprint density at radius 1 is 0.625 bits per heavy atom. The molecule has 1 aliphatic heterocycles. The van der Waals surface area contributed by atoms with Gasteiger partial charge in [-0.1, -0.05) is 42.5 Å². The van der Waals surface area contributed by atoms with Crippen LogP contribution < -0.4 is 9.80 Å². The van der Waals surface area contributed by atoms with Gasteiger partial charge in [0, 0.05) is 11.4 Å². The van der Waals surface area contributed by atoms with Crippen molar-refractivity contribution < 1.29 is 0 Å². The van der Waals surface area contributed by atoms with Gasteiger partial charge in [0.15, 0.2) is 0 Å². The zero-order chi connectivity index (χ0) is 16.7. The van der Waals surface area contributed by atoms with Gasteiger partial charge in [-0.3, -0.25) is 0 Å². The molecule has 24 heavy (non-hydrogen) atoms. The average molecular weight is 314 g/mol. The molecule has 0 fully saturated rings.